The molecule has 7 heteroatoms. The van der Waals surface area contributed by atoms with Crippen LogP contribution in [0, 0.1) is 0 Å². The van der Waals surface area contributed by atoms with Crippen LogP contribution in [0.25, 0.3) is 0 Å². The number of hydrogen-bond acceptors (Lipinski definition) is 5. The average Bonchev–Trinajstić information content (AvgIpc) is 2.03. The van der Waals surface area contributed by atoms with Crippen molar-refractivity contribution in [3.8, 4) is 0 Å². The van der Waals surface area contributed by atoms with Crippen molar-refractivity contribution in [3.05, 3.63) is 18.0 Å². The van der Waals surface area contributed by atoms with Gasteiger partial charge in [0.15, 0.2) is 6.29 Å². The molecule has 0 unspecified atom stereocenters. The highest BCUT2D eigenvalue weighted by molar-refractivity contribution is 7.91. The first kappa shape index (κ1) is 9.59. The molecule has 0 aliphatic carbocycles. The van der Waals surface area contributed by atoms with Crippen molar-refractivity contribution in [2.45, 2.75) is 0 Å². The molecular weight excluding hydrogens is 194 g/mol. The van der Waals surface area contributed by atoms with Crippen molar-refractivity contribution in [1.29, 1.82) is 0 Å². The summed E-state index contributed by atoms with van der Waals surface area (Å²) in [6, 6.07) is 0. The molecule has 0 radical (unpaired) electrons. The van der Waals surface area contributed by atoms with Gasteiger partial charge in [0, 0.05) is 12.4 Å². The van der Waals surface area contributed by atoms with E-state index in [1.807, 2.05) is 0 Å². The summed E-state index contributed by atoms with van der Waals surface area (Å²) in [5, 5.41) is 0. The molecule has 1 rings (SSSR count). The molecule has 13 heavy (non-hydrogen) atoms. The molecule has 0 amide bonds. The van der Waals surface area contributed by atoms with E-state index in [2.05, 4.69) is 14.7 Å². The van der Waals surface area contributed by atoms with Crippen molar-refractivity contribution in [1.82, 2.24) is 9.97 Å². The molecule has 0 saturated heterocycles. The molecule has 0 spiro atoms. The number of rotatable bonds is 3. The second-order valence-corrected chi connectivity index (χ2v) is 4.08. The Bertz CT molecular complexity index is 398. The molecule has 0 fully saturated rings. The number of nitrogens with zero attached hydrogens (tertiary/aromatic N) is 2. The van der Waals surface area contributed by atoms with E-state index in [9.17, 15) is 13.2 Å². The normalized spacial score (nSPS) is 10.8. The standard InChI is InChI=1S/C6H7N3O3S/c1-13(11,12)9-6-7-2-5(4-10)3-8-6/h2-4H,1H3,(H,7,8,9). The van der Waals surface area contributed by atoms with Crippen molar-refractivity contribution in [2.75, 3.05) is 11.0 Å². The number of aromatic nitrogens is 2. The van der Waals surface area contributed by atoms with Crippen LogP contribution in [0.5, 0.6) is 0 Å². The lowest BCUT2D eigenvalue weighted by Crippen LogP contribution is -2.12. The van der Waals surface area contributed by atoms with Crippen LogP contribution >= 0.6 is 0 Å². The van der Waals surface area contributed by atoms with Gasteiger partial charge in [-0.15, -0.1) is 0 Å². The Morgan fingerprint density at radius 2 is 1.92 bits per heavy atom. The van der Waals surface area contributed by atoms with Gasteiger partial charge >= 0.3 is 0 Å². The minimum Gasteiger partial charge on any atom is -0.298 e. The molecule has 1 N–H and O–H groups in total. The van der Waals surface area contributed by atoms with E-state index in [0.29, 0.717) is 11.8 Å². The van der Waals surface area contributed by atoms with Crippen LogP contribution in [0.4, 0.5) is 5.95 Å². The first-order valence-corrected chi connectivity index (χ1v) is 5.15. The molecule has 1 aromatic rings. The van der Waals surface area contributed by atoms with E-state index in [1.165, 1.54) is 12.4 Å². The molecule has 1 aromatic heterocycles. The van der Waals surface area contributed by atoms with Gasteiger partial charge < -0.3 is 0 Å². The Labute approximate surface area is 75.1 Å². The van der Waals surface area contributed by atoms with Gasteiger partial charge in [0.2, 0.25) is 16.0 Å². The number of hydrogen-bond donors (Lipinski definition) is 1. The molecule has 6 nitrogen and oxygen atoms in total. The van der Waals surface area contributed by atoms with Gasteiger partial charge in [-0.1, -0.05) is 0 Å². The molecule has 0 aromatic carbocycles. The summed E-state index contributed by atoms with van der Waals surface area (Å²) in [5.41, 5.74) is 0.291. The van der Waals surface area contributed by atoms with Crippen molar-refractivity contribution >= 4 is 22.3 Å². The second kappa shape index (κ2) is 3.48. The maximum absolute atomic E-state index is 10.7. The van der Waals surface area contributed by atoms with Gasteiger partial charge in [-0.2, -0.15) is 0 Å². The van der Waals surface area contributed by atoms with Crippen LogP contribution in [-0.2, 0) is 10.0 Å². The third kappa shape index (κ3) is 3.16. The highest BCUT2D eigenvalue weighted by Gasteiger charge is 2.03. The van der Waals surface area contributed by atoms with Gasteiger partial charge in [-0.25, -0.2) is 18.4 Å². The quantitative estimate of drug-likeness (QED) is 0.676. The average molecular weight is 201 g/mol. The first-order chi connectivity index (χ1) is 6.01. The Kier molecular flexibility index (Phi) is 2.57. The molecule has 0 bridgehead atoms. The van der Waals surface area contributed by atoms with Gasteiger partial charge in [-0.05, 0) is 0 Å². The van der Waals surface area contributed by atoms with Crippen LogP contribution in [0.15, 0.2) is 12.4 Å². The van der Waals surface area contributed by atoms with Gasteiger partial charge in [0.1, 0.15) is 0 Å². The van der Waals surface area contributed by atoms with Crippen LogP contribution in [0.1, 0.15) is 10.4 Å². The van der Waals surface area contributed by atoms with Crippen LogP contribution in [0.2, 0.25) is 0 Å². The molecule has 70 valence electrons. The van der Waals surface area contributed by atoms with Gasteiger partial charge in [0.25, 0.3) is 0 Å². The second-order valence-electron chi connectivity index (χ2n) is 2.33. The Balaban J connectivity index is 2.87. The molecular formula is C6H7N3O3S. The molecule has 0 aliphatic heterocycles. The summed E-state index contributed by atoms with van der Waals surface area (Å²) in [7, 11) is -3.36. The fraction of sp³-hybridized carbons (Fsp3) is 0.167. The molecule has 0 saturated carbocycles. The fourth-order valence-corrected chi connectivity index (χ4v) is 1.05. The minimum atomic E-state index is -3.36. The van der Waals surface area contributed by atoms with E-state index < -0.39 is 10.0 Å². The van der Waals surface area contributed by atoms with Crippen molar-refractivity contribution in [2.24, 2.45) is 0 Å². The summed E-state index contributed by atoms with van der Waals surface area (Å²) < 4.78 is 23.5. The number of anilines is 1. The largest absolute Gasteiger partial charge is 0.298 e. The lowest BCUT2D eigenvalue weighted by molar-refractivity contribution is 0.112. The van der Waals surface area contributed by atoms with E-state index in [1.54, 1.807) is 0 Å². The van der Waals surface area contributed by atoms with Crippen molar-refractivity contribution < 1.29 is 13.2 Å². The summed E-state index contributed by atoms with van der Waals surface area (Å²) in [4.78, 5) is 17.4. The highest BCUT2D eigenvalue weighted by atomic mass is 32.2. The van der Waals surface area contributed by atoms with E-state index >= 15 is 0 Å². The Hall–Kier alpha value is -1.50. The zero-order valence-electron chi connectivity index (χ0n) is 6.76. The number of carbonyl (C=O) groups is 1. The van der Waals surface area contributed by atoms with E-state index in [0.717, 1.165) is 6.26 Å². The lowest BCUT2D eigenvalue weighted by Gasteiger charge is -1.99. The van der Waals surface area contributed by atoms with Gasteiger partial charge in [0.05, 0.1) is 11.8 Å². The topological polar surface area (TPSA) is 89.0 Å². The third-order valence-corrected chi connectivity index (χ3v) is 1.64. The van der Waals surface area contributed by atoms with Crippen LogP contribution in [0.3, 0.4) is 0 Å². The summed E-state index contributed by atoms with van der Waals surface area (Å²) in [6.07, 6.45) is 4.02. The van der Waals surface area contributed by atoms with Crippen LogP contribution in [-0.4, -0.2) is 30.9 Å². The third-order valence-electron chi connectivity index (χ3n) is 1.08. The predicted molar refractivity (Wildman–Crippen MR) is 45.9 cm³/mol. The fourth-order valence-electron chi connectivity index (χ4n) is 0.617. The lowest BCUT2D eigenvalue weighted by atomic mass is 10.4. The zero-order valence-corrected chi connectivity index (χ0v) is 7.58. The number of carbonyl (C=O) groups excluding carboxylic acids is 1. The molecule has 0 aliphatic rings. The highest BCUT2D eigenvalue weighted by Crippen LogP contribution is 1.99. The minimum absolute atomic E-state index is 0.0481. The Morgan fingerprint density at radius 1 is 1.38 bits per heavy atom. The number of nitrogens with one attached hydrogen (secondary N) is 1. The summed E-state index contributed by atoms with van der Waals surface area (Å²) in [5.74, 6) is -0.0481. The SMILES string of the molecule is CS(=O)(=O)Nc1ncc(C=O)cn1. The maximum Gasteiger partial charge on any atom is 0.236 e. The molecule has 0 atom stereocenters. The summed E-state index contributed by atoms with van der Waals surface area (Å²) in [6.45, 7) is 0. The number of sulfonamides is 1. The van der Waals surface area contributed by atoms with Gasteiger partial charge in [-0.3, -0.25) is 9.52 Å². The van der Waals surface area contributed by atoms with E-state index in [-0.39, 0.29) is 5.95 Å². The predicted octanol–water partition coefficient (Wildman–Crippen LogP) is -0.339. The first-order valence-electron chi connectivity index (χ1n) is 3.26. The maximum atomic E-state index is 10.7. The molecule has 1 heterocycles. The van der Waals surface area contributed by atoms with Crippen molar-refractivity contribution in [3.63, 3.8) is 0 Å². The Morgan fingerprint density at radius 3 is 2.31 bits per heavy atom. The van der Waals surface area contributed by atoms with E-state index in [4.69, 9.17) is 0 Å². The smallest absolute Gasteiger partial charge is 0.236 e. The summed E-state index contributed by atoms with van der Waals surface area (Å²) >= 11 is 0. The number of aldehydes is 1. The zero-order chi connectivity index (χ0) is 9.90. The monoisotopic (exact) mass is 201 g/mol. The van der Waals surface area contributed by atoms with Crippen LogP contribution < -0.4 is 4.72 Å².